The average molecular weight is 377 g/mol. The number of ether oxygens (including phenoxy) is 1. The maximum Gasteiger partial charge on any atom is 0.292 e. The first-order chi connectivity index (χ1) is 12.6. The van der Waals surface area contributed by atoms with Crippen LogP contribution in [-0.4, -0.2) is 60.0 Å². The minimum atomic E-state index is -0.356. The second-order valence-corrected chi connectivity index (χ2v) is 6.28. The number of nitrogens with zero attached hydrogens (tertiary/aromatic N) is 4. The van der Waals surface area contributed by atoms with Crippen LogP contribution in [0.2, 0.25) is 5.02 Å². The molecule has 7 nitrogen and oxygen atoms in total. The van der Waals surface area contributed by atoms with Gasteiger partial charge in [0.15, 0.2) is 0 Å². The molecule has 26 heavy (non-hydrogen) atoms. The molecule has 1 aromatic carbocycles. The standard InChI is InChI=1S/C18H21ClN4O3/c1-2-26-13-16(24)22-10-8-21(9-11-22)15-12-20-23(18(25)17(15)19)14-6-4-3-5-7-14/h3-7,12H,2,8-11,13H2,1H3. The topological polar surface area (TPSA) is 67.7 Å². The summed E-state index contributed by atoms with van der Waals surface area (Å²) in [5.74, 6) is -0.0183. The zero-order valence-corrected chi connectivity index (χ0v) is 15.4. The highest BCUT2D eigenvalue weighted by atomic mass is 35.5. The van der Waals surface area contributed by atoms with E-state index < -0.39 is 0 Å². The van der Waals surface area contributed by atoms with Crippen molar-refractivity contribution < 1.29 is 9.53 Å². The van der Waals surface area contributed by atoms with E-state index in [1.165, 1.54) is 4.68 Å². The lowest BCUT2D eigenvalue weighted by atomic mass is 10.2. The highest BCUT2D eigenvalue weighted by molar-refractivity contribution is 6.33. The van der Waals surface area contributed by atoms with E-state index in [1.54, 1.807) is 23.2 Å². The molecule has 0 spiro atoms. The highest BCUT2D eigenvalue weighted by Crippen LogP contribution is 2.23. The second kappa shape index (κ2) is 8.33. The molecule has 0 aliphatic carbocycles. The number of aromatic nitrogens is 2. The van der Waals surface area contributed by atoms with Gasteiger partial charge in [-0.05, 0) is 19.1 Å². The summed E-state index contributed by atoms with van der Waals surface area (Å²) in [5.41, 5.74) is 0.906. The number of halogens is 1. The summed E-state index contributed by atoms with van der Waals surface area (Å²) >= 11 is 6.33. The van der Waals surface area contributed by atoms with Gasteiger partial charge in [0.2, 0.25) is 5.91 Å². The van der Waals surface area contributed by atoms with Gasteiger partial charge in [-0.3, -0.25) is 9.59 Å². The first kappa shape index (κ1) is 18.4. The van der Waals surface area contributed by atoms with Crippen molar-refractivity contribution in [2.24, 2.45) is 0 Å². The zero-order valence-electron chi connectivity index (χ0n) is 14.6. The van der Waals surface area contributed by atoms with Crippen LogP contribution in [0.1, 0.15) is 6.92 Å². The summed E-state index contributed by atoms with van der Waals surface area (Å²) in [6, 6.07) is 9.14. The largest absolute Gasteiger partial charge is 0.372 e. The maximum absolute atomic E-state index is 12.6. The van der Waals surface area contributed by atoms with Crippen LogP contribution in [0.5, 0.6) is 0 Å². The van der Waals surface area contributed by atoms with Gasteiger partial charge in [-0.15, -0.1) is 0 Å². The molecule has 1 aromatic heterocycles. The molecule has 2 heterocycles. The van der Waals surface area contributed by atoms with Gasteiger partial charge in [-0.25, -0.2) is 0 Å². The summed E-state index contributed by atoms with van der Waals surface area (Å²) in [6.45, 7) is 4.78. The minimum absolute atomic E-state index is 0.0183. The molecule has 2 aromatic rings. The smallest absolute Gasteiger partial charge is 0.292 e. The first-order valence-corrected chi connectivity index (χ1v) is 8.93. The van der Waals surface area contributed by atoms with Crippen LogP contribution in [-0.2, 0) is 9.53 Å². The van der Waals surface area contributed by atoms with E-state index in [0.717, 1.165) is 0 Å². The number of carbonyl (C=O) groups excluding carboxylic acids is 1. The Labute approximate surface area is 156 Å². The molecule has 1 aliphatic rings. The van der Waals surface area contributed by atoms with Crippen molar-refractivity contribution in [3.05, 3.63) is 51.9 Å². The molecule has 1 fully saturated rings. The minimum Gasteiger partial charge on any atom is -0.372 e. The molecule has 1 saturated heterocycles. The summed E-state index contributed by atoms with van der Waals surface area (Å²) in [6.07, 6.45) is 1.61. The van der Waals surface area contributed by atoms with E-state index in [1.807, 2.05) is 30.0 Å². The van der Waals surface area contributed by atoms with Crippen molar-refractivity contribution in [2.75, 3.05) is 44.3 Å². The molecule has 138 valence electrons. The van der Waals surface area contributed by atoms with E-state index in [4.69, 9.17) is 16.3 Å². The predicted molar refractivity (Wildman–Crippen MR) is 100 cm³/mol. The van der Waals surface area contributed by atoms with Crippen molar-refractivity contribution in [3.63, 3.8) is 0 Å². The van der Waals surface area contributed by atoms with E-state index in [0.29, 0.717) is 44.2 Å². The average Bonchev–Trinajstić information content (AvgIpc) is 2.69. The van der Waals surface area contributed by atoms with E-state index in [9.17, 15) is 9.59 Å². The van der Waals surface area contributed by atoms with Crippen LogP contribution >= 0.6 is 11.6 Å². The summed E-state index contributed by atoms with van der Waals surface area (Å²) in [4.78, 5) is 28.3. The maximum atomic E-state index is 12.6. The molecule has 1 amide bonds. The first-order valence-electron chi connectivity index (χ1n) is 8.55. The van der Waals surface area contributed by atoms with Gasteiger partial charge in [-0.2, -0.15) is 9.78 Å². The number of rotatable bonds is 5. The number of para-hydroxylation sites is 1. The Morgan fingerprint density at radius 2 is 1.88 bits per heavy atom. The van der Waals surface area contributed by atoms with Crippen LogP contribution in [0, 0.1) is 0 Å². The van der Waals surface area contributed by atoms with Crippen LogP contribution in [0.15, 0.2) is 41.3 Å². The van der Waals surface area contributed by atoms with Crippen LogP contribution in [0.3, 0.4) is 0 Å². The molecule has 0 N–H and O–H groups in total. The van der Waals surface area contributed by atoms with Gasteiger partial charge in [0, 0.05) is 32.8 Å². The fourth-order valence-corrected chi connectivity index (χ4v) is 3.12. The van der Waals surface area contributed by atoms with Crippen molar-refractivity contribution in [3.8, 4) is 5.69 Å². The Balaban J connectivity index is 1.72. The third-order valence-corrected chi connectivity index (χ3v) is 4.66. The van der Waals surface area contributed by atoms with Crippen LogP contribution < -0.4 is 10.5 Å². The van der Waals surface area contributed by atoms with Gasteiger partial charge in [-0.1, -0.05) is 29.8 Å². The monoisotopic (exact) mass is 376 g/mol. The molecule has 0 atom stereocenters. The van der Waals surface area contributed by atoms with Gasteiger partial charge in [0.1, 0.15) is 11.6 Å². The number of anilines is 1. The van der Waals surface area contributed by atoms with Crippen LogP contribution in [0.25, 0.3) is 5.69 Å². The lowest BCUT2D eigenvalue weighted by molar-refractivity contribution is -0.136. The second-order valence-electron chi connectivity index (χ2n) is 5.90. The quantitative estimate of drug-likeness (QED) is 0.792. The number of amides is 1. The fourth-order valence-electron chi connectivity index (χ4n) is 2.88. The third-order valence-electron chi connectivity index (χ3n) is 4.30. The van der Waals surface area contributed by atoms with E-state index in [-0.39, 0.29) is 23.1 Å². The van der Waals surface area contributed by atoms with Crippen molar-refractivity contribution in [1.82, 2.24) is 14.7 Å². The van der Waals surface area contributed by atoms with E-state index in [2.05, 4.69) is 5.10 Å². The Morgan fingerprint density at radius 3 is 2.54 bits per heavy atom. The highest BCUT2D eigenvalue weighted by Gasteiger charge is 2.24. The normalized spacial score (nSPS) is 14.5. The van der Waals surface area contributed by atoms with Crippen LogP contribution in [0.4, 0.5) is 5.69 Å². The SMILES string of the molecule is CCOCC(=O)N1CCN(c2cnn(-c3ccccc3)c(=O)c2Cl)CC1. The number of benzene rings is 1. The van der Waals surface area contributed by atoms with Gasteiger partial charge in [0.25, 0.3) is 5.56 Å². The Hall–Kier alpha value is -2.38. The van der Waals surface area contributed by atoms with Gasteiger partial charge in [0.05, 0.1) is 17.6 Å². The predicted octanol–water partition coefficient (Wildman–Crippen LogP) is 1.57. The molecule has 3 rings (SSSR count). The fraction of sp³-hybridized carbons (Fsp3) is 0.389. The summed E-state index contributed by atoms with van der Waals surface area (Å²) in [7, 11) is 0. The Kier molecular flexibility index (Phi) is 5.90. The molecular weight excluding hydrogens is 356 g/mol. The molecule has 0 unspecified atom stereocenters. The number of hydrogen-bond donors (Lipinski definition) is 0. The number of hydrogen-bond acceptors (Lipinski definition) is 5. The van der Waals surface area contributed by atoms with Gasteiger partial charge < -0.3 is 14.5 Å². The van der Waals surface area contributed by atoms with Crippen molar-refractivity contribution in [2.45, 2.75) is 6.92 Å². The molecule has 8 heteroatoms. The molecular formula is C18H21ClN4O3. The summed E-state index contributed by atoms with van der Waals surface area (Å²) < 4.78 is 6.46. The zero-order chi connectivity index (χ0) is 18.5. The Morgan fingerprint density at radius 1 is 1.19 bits per heavy atom. The van der Waals surface area contributed by atoms with Crippen molar-refractivity contribution in [1.29, 1.82) is 0 Å². The lowest BCUT2D eigenvalue weighted by Crippen LogP contribution is -2.50. The number of piperazine rings is 1. The molecule has 1 aliphatic heterocycles. The lowest BCUT2D eigenvalue weighted by Gasteiger charge is -2.36. The molecule has 0 saturated carbocycles. The van der Waals surface area contributed by atoms with Gasteiger partial charge >= 0.3 is 0 Å². The van der Waals surface area contributed by atoms with Crippen molar-refractivity contribution >= 4 is 23.2 Å². The molecule has 0 radical (unpaired) electrons. The molecule has 0 bridgehead atoms. The van der Waals surface area contributed by atoms with E-state index >= 15 is 0 Å². The third kappa shape index (κ3) is 3.89. The number of carbonyl (C=O) groups is 1. The summed E-state index contributed by atoms with van der Waals surface area (Å²) in [5, 5.41) is 4.39. The Bertz CT molecular complexity index is 817.